The molecule has 0 saturated heterocycles. The largest absolute Gasteiger partial charge is 0.416 e. The van der Waals surface area contributed by atoms with E-state index in [-0.39, 0.29) is 30.8 Å². The van der Waals surface area contributed by atoms with E-state index in [0.717, 1.165) is 29.7 Å². The molecular weight excluding hydrogens is 453 g/mol. The molecule has 0 heterocycles. The molecule has 0 aliphatic rings. The number of nitrogens with one attached hydrogen (secondary N) is 1. The standard InChI is InChI=1S/C28H29F3N2O2/c1-4-20(3)32-26(34)17-21-11-15-24(16-12-21)33(27(35)25-8-6-5-7-19(25)2)18-22-9-13-23(14-10-22)28(29,30)31/h5-16,20H,4,17-18H2,1-3H3,(H,32,34)/t20-/m0/s1. The predicted molar refractivity (Wildman–Crippen MR) is 131 cm³/mol. The fourth-order valence-electron chi connectivity index (χ4n) is 3.63. The molecule has 0 aliphatic heterocycles. The first-order valence-corrected chi connectivity index (χ1v) is 11.5. The van der Waals surface area contributed by atoms with Gasteiger partial charge in [-0.25, -0.2) is 0 Å². The van der Waals surface area contributed by atoms with E-state index in [9.17, 15) is 22.8 Å². The summed E-state index contributed by atoms with van der Waals surface area (Å²) < 4.78 is 38.9. The van der Waals surface area contributed by atoms with Crippen LogP contribution in [0.15, 0.2) is 72.8 Å². The maximum atomic E-state index is 13.5. The van der Waals surface area contributed by atoms with Crippen molar-refractivity contribution in [1.29, 1.82) is 0 Å². The first kappa shape index (κ1) is 26.0. The van der Waals surface area contributed by atoms with Crippen LogP contribution in [-0.4, -0.2) is 17.9 Å². The van der Waals surface area contributed by atoms with Crippen molar-refractivity contribution in [2.24, 2.45) is 0 Å². The van der Waals surface area contributed by atoms with Crippen LogP contribution in [0.3, 0.4) is 0 Å². The van der Waals surface area contributed by atoms with Crippen molar-refractivity contribution in [3.8, 4) is 0 Å². The van der Waals surface area contributed by atoms with Gasteiger partial charge >= 0.3 is 6.18 Å². The SMILES string of the molecule is CC[C@H](C)NC(=O)Cc1ccc(N(Cc2ccc(C(F)(F)F)cc2)C(=O)c2ccccc2C)cc1. The Morgan fingerprint density at radius 1 is 0.914 bits per heavy atom. The van der Waals surface area contributed by atoms with E-state index in [1.807, 2.05) is 32.9 Å². The van der Waals surface area contributed by atoms with Gasteiger partial charge in [0, 0.05) is 17.3 Å². The average molecular weight is 483 g/mol. The molecule has 184 valence electrons. The fourth-order valence-corrected chi connectivity index (χ4v) is 3.63. The second kappa shape index (κ2) is 11.2. The highest BCUT2D eigenvalue weighted by atomic mass is 19.4. The van der Waals surface area contributed by atoms with Gasteiger partial charge in [0.2, 0.25) is 5.91 Å². The molecule has 0 aliphatic carbocycles. The molecule has 3 aromatic rings. The highest BCUT2D eigenvalue weighted by Gasteiger charge is 2.30. The summed E-state index contributed by atoms with van der Waals surface area (Å²) in [7, 11) is 0. The summed E-state index contributed by atoms with van der Waals surface area (Å²) in [4.78, 5) is 27.2. The molecule has 3 aromatic carbocycles. The van der Waals surface area contributed by atoms with Crippen LogP contribution in [0, 0.1) is 6.92 Å². The normalized spacial score (nSPS) is 12.2. The summed E-state index contributed by atoms with van der Waals surface area (Å²) in [6, 6.07) is 19.2. The Hall–Kier alpha value is -3.61. The van der Waals surface area contributed by atoms with Crippen molar-refractivity contribution >= 4 is 17.5 Å². The van der Waals surface area contributed by atoms with Gasteiger partial charge in [-0.1, -0.05) is 49.4 Å². The van der Waals surface area contributed by atoms with Crippen molar-refractivity contribution in [2.75, 3.05) is 4.90 Å². The van der Waals surface area contributed by atoms with Gasteiger partial charge in [0.05, 0.1) is 18.5 Å². The van der Waals surface area contributed by atoms with Crippen LogP contribution in [0.1, 0.15) is 52.9 Å². The monoisotopic (exact) mass is 482 g/mol. The van der Waals surface area contributed by atoms with E-state index in [1.54, 1.807) is 36.4 Å². The highest BCUT2D eigenvalue weighted by Crippen LogP contribution is 2.30. The van der Waals surface area contributed by atoms with Gasteiger partial charge in [-0.2, -0.15) is 13.2 Å². The van der Waals surface area contributed by atoms with Crippen LogP contribution >= 0.6 is 0 Å². The summed E-state index contributed by atoms with van der Waals surface area (Å²) in [5, 5.41) is 2.93. The van der Waals surface area contributed by atoms with Gasteiger partial charge < -0.3 is 10.2 Å². The summed E-state index contributed by atoms with van der Waals surface area (Å²) in [6.07, 6.45) is -3.37. The lowest BCUT2D eigenvalue weighted by atomic mass is 10.0. The number of carbonyl (C=O) groups is 2. The third kappa shape index (κ3) is 6.94. The first-order chi connectivity index (χ1) is 16.6. The minimum absolute atomic E-state index is 0.0790. The summed E-state index contributed by atoms with van der Waals surface area (Å²) in [6.45, 7) is 5.87. The van der Waals surface area contributed by atoms with Gasteiger partial charge in [0.25, 0.3) is 5.91 Å². The van der Waals surface area contributed by atoms with Crippen molar-refractivity contribution in [1.82, 2.24) is 5.32 Å². The van der Waals surface area contributed by atoms with Gasteiger partial charge in [0.1, 0.15) is 0 Å². The highest BCUT2D eigenvalue weighted by molar-refractivity contribution is 6.07. The predicted octanol–water partition coefficient (Wildman–Crippen LogP) is 6.32. The molecule has 0 bridgehead atoms. The molecule has 35 heavy (non-hydrogen) atoms. The first-order valence-electron chi connectivity index (χ1n) is 11.5. The second-order valence-corrected chi connectivity index (χ2v) is 8.62. The molecular formula is C28H29F3N2O2. The summed E-state index contributed by atoms with van der Waals surface area (Å²) in [5.74, 6) is -0.338. The van der Waals surface area contributed by atoms with Crippen molar-refractivity contribution in [3.63, 3.8) is 0 Å². The molecule has 1 N–H and O–H groups in total. The molecule has 1 atom stereocenters. The average Bonchev–Trinajstić information content (AvgIpc) is 2.82. The molecule has 0 fully saturated rings. The lowest BCUT2D eigenvalue weighted by Crippen LogP contribution is -2.33. The smallest absolute Gasteiger partial charge is 0.353 e. The van der Waals surface area contributed by atoms with Crippen molar-refractivity contribution in [3.05, 3.63) is 101 Å². The van der Waals surface area contributed by atoms with Crippen LogP contribution in [0.4, 0.5) is 18.9 Å². The zero-order valence-electron chi connectivity index (χ0n) is 20.0. The van der Waals surface area contributed by atoms with Crippen LogP contribution < -0.4 is 10.2 Å². The Bertz CT molecular complexity index is 1160. The molecule has 7 heteroatoms. The summed E-state index contributed by atoms with van der Waals surface area (Å²) in [5.41, 5.74) is 2.52. The molecule has 0 saturated carbocycles. The number of halogens is 3. The van der Waals surface area contributed by atoms with E-state index >= 15 is 0 Å². The van der Waals surface area contributed by atoms with Gasteiger partial charge in [0.15, 0.2) is 0 Å². The van der Waals surface area contributed by atoms with E-state index in [0.29, 0.717) is 16.8 Å². The topological polar surface area (TPSA) is 49.4 Å². The lowest BCUT2D eigenvalue weighted by molar-refractivity contribution is -0.137. The van der Waals surface area contributed by atoms with Crippen molar-refractivity contribution in [2.45, 2.75) is 52.4 Å². The quantitative estimate of drug-likeness (QED) is 0.409. The van der Waals surface area contributed by atoms with Crippen molar-refractivity contribution < 1.29 is 22.8 Å². The van der Waals surface area contributed by atoms with Gasteiger partial charge in [-0.3, -0.25) is 9.59 Å². The Morgan fingerprint density at radius 2 is 1.51 bits per heavy atom. The third-order valence-corrected chi connectivity index (χ3v) is 5.88. The number of hydrogen-bond acceptors (Lipinski definition) is 2. The number of aryl methyl sites for hydroxylation is 1. The number of anilines is 1. The third-order valence-electron chi connectivity index (χ3n) is 5.88. The zero-order chi connectivity index (χ0) is 25.6. The minimum Gasteiger partial charge on any atom is -0.353 e. The van der Waals surface area contributed by atoms with E-state index < -0.39 is 11.7 Å². The van der Waals surface area contributed by atoms with Crippen LogP contribution in [-0.2, 0) is 23.9 Å². The molecule has 3 rings (SSSR count). The summed E-state index contributed by atoms with van der Waals surface area (Å²) >= 11 is 0. The number of carbonyl (C=O) groups excluding carboxylic acids is 2. The Balaban J connectivity index is 1.87. The molecule has 4 nitrogen and oxygen atoms in total. The maximum absolute atomic E-state index is 13.5. The number of benzene rings is 3. The van der Waals surface area contributed by atoms with Gasteiger partial charge in [-0.05, 0) is 67.3 Å². The van der Waals surface area contributed by atoms with Crippen LogP contribution in [0.2, 0.25) is 0 Å². The van der Waals surface area contributed by atoms with Gasteiger partial charge in [-0.15, -0.1) is 0 Å². The Labute approximate surface area is 203 Å². The molecule has 0 spiro atoms. The second-order valence-electron chi connectivity index (χ2n) is 8.62. The van der Waals surface area contributed by atoms with E-state index in [4.69, 9.17) is 0 Å². The van der Waals surface area contributed by atoms with E-state index in [1.165, 1.54) is 17.0 Å². The Kier molecular flexibility index (Phi) is 8.33. The molecule has 0 radical (unpaired) electrons. The van der Waals surface area contributed by atoms with Crippen LogP contribution in [0.5, 0.6) is 0 Å². The van der Waals surface area contributed by atoms with E-state index in [2.05, 4.69) is 5.32 Å². The zero-order valence-corrected chi connectivity index (χ0v) is 20.0. The molecule has 0 unspecified atom stereocenters. The number of nitrogens with zero attached hydrogens (tertiary/aromatic N) is 1. The van der Waals surface area contributed by atoms with Crippen LogP contribution in [0.25, 0.3) is 0 Å². The Morgan fingerprint density at radius 3 is 2.09 bits per heavy atom. The number of amides is 2. The molecule has 0 aromatic heterocycles. The fraction of sp³-hybridized carbons (Fsp3) is 0.286. The molecule has 2 amide bonds. The lowest BCUT2D eigenvalue weighted by Gasteiger charge is -2.24. The number of rotatable bonds is 8. The minimum atomic E-state index is -4.42. The number of hydrogen-bond donors (Lipinski definition) is 1. The number of alkyl halides is 3. The maximum Gasteiger partial charge on any atom is 0.416 e.